The number of aryl methyl sites for hydroxylation is 1. The third-order valence-electron chi connectivity index (χ3n) is 3.07. The molecule has 1 aromatic carbocycles. The lowest BCUT2D eigenvalue weighted by Crippen LogP contribution is -2.26. The van der Waals surface area contributed by atoms with Crippen molar-refractivity contribution in [2.24, 2.45) is 0 Å². The molecule has 0 heterocycles. The Kier molecular flexibility index (Phi) is 7.30. The van der Waals surface area contributed by atoms with Crippen LogP contribution in [-0.2, 0) is 13.0 Å². The lowest BCUT2D eigenvalue weighted by Gasteiger charge is -2.21. The number of hydrogen-bond donors (Lipinski definition) is 0. The predicted octanol–water partition coefficient (Wildman–Crippen LogP) is 4.09. The molecule has 0 unspecified atom stereocenters. The molecule has 0 aliphatic carbocycles. The summed E-state index contributed by atoms with van der Waals surface area (Å²) < 4.78 is 0. The fourth-order valence-corrected chi connectivity index (χ4v) is 2.15. The number of hydrogen-bond acceptors (Lipinski definition) is 1. The van der Waals surface area contributed by atoms with Gasteiger partial charge in [-0.2, -0.15) is 0 Å². The SMILES string of the molecule is CCCCN(CCCl)Cc1ccc(CC)cc1. The van der Waals surface area contributed by atoms with Gasteiger partial charge in [-0.1, -0.05) is 44.5 Å². The van der Waals surface area contributed by atoms with Gasteiger partial charge in [0.15, 0.2) is 0 Å². The normalized spacial score (nSPS) is 11.1. The minimum absolute atomic E-state index is 0.719. The van der Waals surface area contributed by atoms with Crippen molar-refractivity contribution in [2.75, 3.05) is 19.0 Å². The fraction of sp³-hybridized carbons (Fsp3) is 0.600. The summed E-state index contributed by atoms with van der Waals surface area (Å²) in [6.07, 6.45) is 3.61. The van der Waals surface area contributed by atoms with Gasteiger partial charge >= 0.3 is 0 Å². The summed E-state index contributed by atoms with van der Waals surface area (Å²) in [6, 6.07) is 8.94. The monoisotopic (exact) mass is 253 g/mol. The van der Waals surface area contributed by atoms with Crippen molar-refractivity contribution in [3.05, 3.63) is 35.4 Å². The maximum absolute atomic E-state index is 5.85. The van der Waals surface area contributed by atoms with Gasteiger partial charge in [0.05, 0.1) is 0 Å². The number of rotatable bonds is 8. The first kappa shape index (κ1) is 14.5. The van der Waals surface area contributed by atoms with Crippen LogP contribution in [0.15, 0.2) is 24.3 Å². The Bertz CT molecular complexity index is 294. The highest BCUT2D eigenvalue weighted by Gasteiger charge is 2.04. The second-order valence-electron chi connectivity index (χ2n) is 4.49. The molecule has 0 saturated carbocycles. The van der Waals surface area contributed by atoms with Crippen LogP contribution in [0.1, 0.15) is 37.8 Å². The standard InChI is InChI=1S/C15H24ClN/c1-3-5-11-17(12-10-16)13-15-8-6-14(4-2)7-9-15/h6-9H,3-5,10-13H2,1-2H3. The highest BCUT2D eigenvalue weighted by Crippen LogP contribution is 2.09. The Labute approximate surface area is 111 Å². The largest absolute Gasteiger partial charge is 0.298 e. The highest BCUT2D eigenvalue weighted by atomic mass is 35.5. The van der Waals surface area contributed by atoms with Gasteiger partial charge in [-0.3, -0.25) is 4.90 Å². The molecule has 0 atom stereocenters. The summed E-state index contributed by atoms with van der Waals surface area (Å²) in [7, 11) is 0. The quantitative estimate of drug-likeness (QED) is 0.631. The summed E-state index contributed by atoms with van der Waals surface area (Å²) in [6.45, 7) is 7.58. The van der Waals surface area contributed by atoms with E-state index in [0.717, 1.165) is 31.9 Å². The first-order valence-electron chi connectivity index (χ1n) is 6.66. The molecule has 0 aromatic heterocycles. The van der Waals surface area contributed by atoms with Crippen LogP contribution >= 0.6 is 11.6 Å². The molecular weight excluding hydrogens is 230 g/mol. The molecule has 1 rings (SSSR count). The van der Waals surface area contributed by atoms with E-state index in [1.165, 1.54) is 24.0 Å². The van der Waals surface area contributed by atoms with Gasteiger partial charge in [0.25, 0.3) is 0 Å². The van der Waals surface area contributed by atoms with Gasteiger partial charge in [-0.25, -0.2) is 0 Å². The van der Waals surface area contributed by atoms with E-state index >= 15 is 0 Å². The van der Waals surface area contributed by atoms with E-state index in [0.29, 0.717) is 0 Å². The van der Waals surface area contributed by atoms with Crippen molar-refractivity contribution in [1.29, 1.82) is 0 Å². The van der Waals surface area contributed by atoms with Crippen LogP contribution in [0.3, 0.4) is 0 Å². The molecular formula is C15H24ClN. The number of alkyl halides is 1. The van der Waals surface area contributed by atoms with E-state index in [9.17, 15) is 0 Å². The Morgan fingerprint density at radius 2 is 1.65 bits per heavy atom. The van der Waals surface area contributed by atoms with Gasteiger partial charge in [0.1, 0.15) is 0 Å². The van der Waals surface area contributed by atoms with Gasteiger partial charge in [0, 0.05) is 19.0 Å². The van der Waals surface area contributed by atoms with Crippen LogP contribution in [0.4, 0.5) is 0 Å². The number of halogens is 1. The Balaban J connectivity index is 2.51. The second-order valence-corrected chi connectivity index (χ2v) is 4.87. The molecule has 0 N–H and O–H groups in total. The molecule has 0 fully saturated rings. The highest BCUT2D eigenvalue weighted by molar-refractivity contribution is 6.18. The van der Waals surface area contributed by atoms with Gasteiger partial charge in [0.2, 0.25) is 0 Å². The molecule has 0 radical (unpaired) electrons. The zero-order valence-corrected chi connectivity index (χ0v) is 11.8. The number of nitrogens with zero attached hydrogens (tertiary/aromatic N) is 1. The smallest absolute Gasteiger partial charge is 0.0351 e. The number of unbranched alkanes of at least 4 members (excludes halogenated alkanes) is 1. The van der Waals surface area contributed by atoms with Crippen molar-refractivity contribution < 1.29 is 0 Å². The first-order chi connectivity index (χ1) is 8.30. The van der Waals surface area contributed by atoms with E-state index in [2.05, 4.69) is 43.0 Å². The molecule has 17 heavy (non-hydrogen) atoms. The van der Waals surface area contributed by atoms with Crippen LogP contribution in [0.5, 0.6) is 0 Å². The van der Waals surface area contributed by atoms with Gasteiger partial charge < -0.3 is 0 Å². The van der Waals surface area contributed by atoms with E-state index in [4.69, 9.17) is 11.6 Å². The third-order valence-corrected chi connectivity index (χ3v) is 3.24. The summed E-state index contributed by atoms with van der Waals surface area (Å²) in [5, 5.41) is 0. The zero-order valence-electron chi connectivity index (χ0n) is 11.1. The summed E-state index contributed by atoms with van der Waals surface area (Å²) in [5.41, 5.74) is 2.80. The molecule has 0 spiro atoms. The van der Waals surface area contributed by atoms with E-state index < -0.39 is 0 Å². The lowest BCUT2D eigenvalue weighted by atomic mass is 10.1. The zero-order chi connectivity index (χ0) is 12.5. The van der Waals surface area contributed by atoms with E-state index in [1.807, 2.05) is 0 Å². The molecule has 2 heteroatoms. The Morgan fingerprint density at radius 3 is 2.18 bits per heavy atom. The molecule has 1 aromatic rings. The van der Waals surface area contributed by atoms with Gasteiger partial charge in [-0.05, 0) is 30.5 Å². The molecule has 0 aliphatic rings. The van der Waals surface area contributed by atoms with Crippen LogP contribution in [0.2, 0.25) is 0 Å². The summed E-state index contributed by atoms with van der Waals surface area (Å²) >= 11 is 5.85. The van der Waals surface area contributed by atoms with Crippen LogP contribution in [0.25, 0.3) is 0 Å². The minimum Gasteiger partial charge on any atom is -0.298 e. The van der Waals surface area contributed by atoms with E-state index in [1.54, 1.807) is 0 Å². The average Bonchev–Trinajstić information content (AvgIpc) is 2.37. The Morgan fingerprint density at radius 1 is 1.00 bits per heavy atom. The van der Waals surface area contributed by atoms with Crippen molar-refractivity contribution in [3.8, 4) is 0 Å². The fourth-order valence-electron chi connectivity index (χ4n) is 1.91. The molecule has 96 valence electrons. The second kappa shape index (κ2) is 8.54. The molecule has 0 bridgehead atoms. The number of benzene rings is 1. The molecule has 0 aliphatic heterocycles. The first-order valence-corrected chi connectivity index (χ1v) is 7.19. The lowest BCUT2D eigenvalue weighted by molar-refractivity contribution is 0.277. The van der Waals surface area contributed by atoms with Crippen LogP contribution < -0.4 is 0 Å². The van der Waals surface area contributed by atoms with Crippen LogP contribution in [-0.4, -0.2) is 23.9 Å². The third kappa shape index (κ3) is 5.56. The molecule has 0 saturated heterocycles. The van der Waals surface area contributed by atoms with Crippen molar-refractivity contribution in [1.82, 2.24) is 4.90 Å². The van der Waals surface area contributed by atoms with Crippen molar-refractivity contribution in [2.45, 2.75) is 39.7 Å². The summed E-state index contributed by atoms with van der Waals surface area (Å²) in [4.78, 5) is 2.44. The molecule has 0 amide bonds. The van der Waals surface area contributed by atoms with Crippen molar-refractivity contribution in [3.63, 3.8) is 0 Å². The summed E-state index contributed by atoms with van der Waals surface area (Å²) in [5.74, 6) is 0.719. The van der Waals surface area contributed by atoms with Gasteiger partial charge in [-0.15, -0.1) is 11.6 Å². The maximum atomic E-state index is 5.85. The van der Waals surface area contributed by atoms with Crippen molar-refractivity contribution >= 4 is 11.6 Å². The minimum atomic E-state index is 0.719. The Hall–Kier alpha value is -0.530. The predicted molar refractivity (Wildman–Crippen MR) is 76.7 cm³/mol. The maximum Gasteiger partial charge on any atom is 0.0351 e. The average molecular weight is 254 g/mol. The van der Waals surface area contributed by atoms with Crippen LogP contribution in [0, 0.1) is 0 Å². The topological polar surface area (TPSA) is 3.24 Å². The molecule has 1 nitrogen and oxygen atoms in total. The van der Waals surface area contributed by atoms with E-state index in [-0.39, 0.29) is 0 Å².